The van der Waals surface area contributed by atoms with Crippen molar-refractivity contribution in [1.29, 1.82) is 0 Å². The number of carbonyl (C=O) groups excluding carboxylic acids is 1. The molecule has 156 valence electrons. The summed E-state index contributed by atoms with van der Waals surface area (Å²) in [7, 11) is 1.62. The number of carbonyl (C=O) groups is 1. The highest BCUT2D eigenvalue weighted by Gasteiger charge is 2.24. The summed E-state index contributed by atoms with van der Waals surface area (Å²) < 4.78 is 11.2. The zero-order chi connectivity index (χ0) is 21.3. The van der Waals surface area contributed by atoms with Gasteiger partial charge >= 0.3 is 0 Å². The van der Waals surface area contributed by atoms with Gasteiger partial charge in [-0.3, -0.25) is 4.79 Å². The summed E-state index contributed by atoms with van der Waals surface area (Å²) in [6.07, 6.45) is 0. The van der Waals surface area contributed by atoms with E-state index in [0.717, 1.165) is 22.4 Å². The van der Waals surface area contributed by atoms with E-state index in [9.17, 15) is 4.79 Å². The minimum atomic E-state index is -0.368. The maximum Gasteiger partial charge on any atom is 0.287 e. The van der Waals surface area contributed by atoms with Crippen LogP contribution in [0.15, 0.2) is 72.8 Å². The molecule has 1 atom stereocenters. The van der Waals surface area contributed by atoms with Gasteiger partial charge in [0, 0.05) is 11.3 Å². The third-order valence-electron chi connectivity index (χ3n) is 4.94. The fourth-order valence-corrected chi connectivity index (χ4v) is 3.28. The van der Waals surface area contributed by atoms with Crippen LogP contribution in [0.3, 0.4) is 0 Å². The predicted octanol–water partition coefficient (Wildman–Crippen LogP) is 3.63. The first-order valence-corrected chi connectivity index (χ1v) is 10.1. The molecule has 0 spiro atoms. The van der Waals surface area contributed by atoms with Gasteiger partial charge in [-0.1, -0.05) is 54.6 Å². The van der Waals surface area contributed by atoms with Crippen molar-refractivity contribution < 1.29 is 19.6 Å². The highest BCUT2D eigenvalue weighted by atomic mass is 16.5. The number of methoxy groups -OCH3 is 1. The molecule has 3 aromatic carbocycles. The number of hydrogen-bond donors (Lipinski definition) is 2. The van der Waals surface area contributed by atoms with Crippen LogP contribution in [-0.2, 0) is 4.79 Å². The van der Waals surface area contributed by atoms with E-state index < -0.39 is 0 Å². The number of nitrogens with two attached hydrogens (primary N) is 1. The molecule has 1 amide bonds. The van der Waals surface area contributed by atoms with Crippen molar-refractivity contribution in [3.05, 3.63) is 89.5 Å². The number of rotatable bonds is 9. The van der Waals surface area contributed by atoms with Crippen LogP contribution in [0, 0.1) is 13.8 Å². The van der Waals surface area contributed by atoms with Crippen molar-refractivity contribution in [2.24, 2.45) is 0 Å². The van der Waals surface area contributed by atoms with E-state index in [1.54, 1.807) is 7.11 Å². The minimum Gasteiger partial charge on any atom is -0.493 e. The van der Waals surface area contributed by atoms with Crippen LogP contribution in [0.25, 0.3) is 0 Å². The van der Waals surface area contributed by atoms with Gasteiger partial charge in [-0.05, 0) is 43.2 Å². The van der Waals surface area contributed by atoms with Crippen LogP contribution in [0.2, 0.25) is 0 Å². The maximum absolute atomic E-state index is 13.1. The summed E-state index contributed by atoms with van der Waals surface area (Å²) in [6, 6.07) is 23.1. The van der Waals surface area contributed by atoms with Gasteiger partial charge in [-0.2, -0.15) is 0 Å². The Hall–Kier alpha value is -3.31. The summed E-state index contributed by atoms with van der Waals surface area (Å²) in [5, 5.41) is 5.10. The van der Waals surface area contributed by atoms with Crippen molar-refractivity contribution in [2.45, 2.75) is 19.9 Å². The first-order valence-electron chi connectivity index (χ1n) is 10.1. The van der Waals surface area contributed by atoms with E-state index in [0.29, 0.717) is 24.7 Å². The molecular formula is C25H29N2O3+. The zero-order valence-corrected chi connectivity index (χ0v) is 17.7. The normalized spacial score (nSPS) is 11.6. The summed E-state index contributed by atoms with van der Waals surface area (Å²) >= 11 is 0. The number of anilines is 1. The van der Waals surface area contributed by atoms with Crippen LogP contribution < -0.4 is 20.1 Å². The molecule has 0 aliphatic heterocycles. The van der Waals surface area contributed by atoms with Gasteiger partial charge in [-0.25, -0.2) is 0 Å². The Balaban J connectivity index is 1.67. The molecule has 5 nitrogen and oxygen atoms in total. The fraction of sp³-hybridized carbons (Fsp3) is 0.240. The molecule has 0 saturated carbocycles. The Labute approximate surface area is 178 Å². The summed E-state index contributed by atoms with van der Waals surface area (Å²) in [5.74, 6) is 1.35. The van der Waals surface area contributed by atoms with E-state index in [2.05, 4.69) is 5.32 Å². The van der Waals surface area contributed by atoms with E-state index in [4.69, 9.17) is 9.47 Å². The summed E-state index contributed by atoms with van der Waals surface area (Å²) in [5.41, 5.74) is 3.96. The lowest BCUT2D eigenvalue weighted by Gasteiger charge is -2.17. The number of aryl methyl sites for hydroxylation is 2. The highest BCUT2D eigenvalue weighted by molar-refractivity contribution is 5.95. The molecule has 5 heteroatoms. The topological polar surface area (TPSA) is 64.2 Å². The standard InChI is InChI=1S/C25H28N2O3/c1-18-13-14-19(2)21(17-18)27-25(28)24(20-9-5-4-6-10-20)26-15-16-30-23-12-8-7-11-22(23)29-3/h4-14,17,24,26H,15-16H2,1-3H3,(H,27,28)/p+1/t24-/m1/s1. The Morgan fingerprint density at radius 3 is 2.40 bits per heavy atom. The lowest BCUT2D eigenvalue weighted by Crippen LogP contribution is -2.88. The first kappa shape index (κ1) is 21.4. The fourth-order valence-electron chi connectivity index (χ4n) is 3.28. The number of nitrogens with one attached hydrogen (secondary N) is 1. The molecule has 0 bridgehead atoms. The minimum absolute atomic E-state index is 0.0489. The number of para-hydroxylation sites is 2. The second kappa shape index (κ2) is 10.5. The molecule has 3 N–H and O–H groups in total. The Morgan fingerprint density at radius 2 is 1.67 bits per heavy atom. The SMILES string of the molecule is COc1ccccc1OCC[NH2+][C@@H](C(=O)Nc1cc(C)ccc1C)c1ccccc1. The number of benzene rings is 3. The maximum atomic E-state index is 13.1. The van der Waals surface area contributed by atoms with E-state index in [1.165, 1.54) is 0 Å². The smallest absolute Gasteiger partial charge is 0.287 e. The molecule has 3 aromatic rings. The van der Waals surface area contributed by atoms with Crippen LogP contribution >= 0.6 is 0 Å². The third kappa shape index (κ3) is 5.61. The van der Waals surface area contributed by atoms with Gasteiger partial charge in [0.05, 0.1) is 7.11 Å². The van der Waals surface area contributed by atoms with Crippen LogP contribution in [0.5, 0.6) is 11.5 Å². The van der Waals surface area contributed by atoms with E-state index in [-0.39, 0.29) is 11.9 Å². The molecule has 0 heterocycles. The first-order chi connectivity index (χ1) is 14.6. The number of hydrogen-bond acceptors (Lipinski definition) is 3. The van der Waals surface area contributed by atoms with Crippen molar-refractivity contribution >= 4 is 11.6 Å². The number of quaternary nitrogens is 1. The second-order valence-corrected chi connectivity index (χ2v) is 7.22. The molecule has 0 unspecified atom stereocenters. The van der Waals surface area contributed by atoms with Crippen molar-refractivity contribution in [3.8, 4) is 11.5 Å². The zero-order valence-electron chi connectivity index (χ0n) is 17.7. The molecule has 0 aliphatic carbocycles. The molecule has 3 rings (SSSR count). The summed E-state index contributed by atoms with van der Waals surface area (Å²) in [4.78, 5) is 13.1. The molecule has 30 heavy (non-hydrogen) atoms. The molecule has 0 aliphatic rings. The monoisotopic (exact) mass is 405 g/mol. The average Bonchev–Trinajstić information content (AvgIpc) is 2.77. The van der Waals surface area contributed by atoms with Gasteiger partial charge in [0.2, 0.25) is 0 Å². The van der Waals surface area contributed by atoms with E-state index in [1.807, 2.05) is 92.0 Å². The molecule has 0 fully saturated rings. The Morgan fingerprint density at radius 1 is 0.967 bits per heavy atom. The average molecular weight is 406 g/mol. The third-order valence-corrected chi connectivity index (χ3v) is 4.94. The van der Waals surface area contributed by atoms with Gasteiger partial charge in [0.1, 0.15) is 13.2 Å². The molecule has 0 radical (unpaired) electrons. The van der Waals surface area contributed by atoms with Gasteiger partial charge in [0.15, 0.2) is 17.5 Å². The van der Waals surface area contributed by atoms with Crippen LogP contribution in [0.1, 0.15) is 22.7 Å². The highest BCUT2D eigenvalue weighted by Crippen LogP contribution is 2.25. The van der Waals surface area contributed by atoms with Gasteiger partial charge in [-0.15, -0.1) is 0 Å². The largest absolute Gasteiger partial charge is 0.493 e. The Kier molecular flexibility index (Phi) is 7.46. The lowest BCUT2D eigenvalue weighted by molar-refractivity contribution is -0.682. The van der Waals surface area contributed by atoms with Crippen molar-refractivity contribution in [2.75, 3.05) is 25.6 Å². The molecule has 0 aromatic heterocycles. The predicted molar refractivity (Wildman–Crippen MR) is 119 cm³/mol. The lowest BCUT2D eigenvalue weighted by atomic mass is 10.1. The van der Waals surface area contributed by atoms with E-state index >= 15 is 0 Å². The number of ether oxygens (including phenoxy) is 2. The van der Waals surface area contributed by atoms with Crippen LogP contribution in [-0.4, -0.2) is 26.2 Å². The Bertz CT molecular complexity index is 973. The summed E-state index contributed by atoms with van der Waals surface area (Å²) in [6.45, 7) is 5.10. The molecule has 0 saturated heterocycles. The van der Waals surface area contributed by atoms with Crippen molar-refractivity contribution in [3.63, 3.8) is 0 Å². The molecular weight excluding hydrogens is 376 g/mol. The number of amides is 1. The van der Waals surface area contributed by atoms with Gasteiger partial charge in [0.25, 0.3) is 5.91 Å². The van der Waals surface area contributed by atoms with Crippen molar-refractivity contribution in [1.82, 2.24) is 0 Å². The van der Waals surface area contributed by atoms with Gasteiger partial charge < -0.3 is 20.1 Å². The van der Waals surface area contributed by atoms with Crippen LogP contribution in [0.4, 0.5) is 5.69 Å². The quantitative estimate of drug-likeness (QED) is 0.534. The second-order valence-electron chi connectivity index (χ2n) is 7.22.